The first kappa shape index (κ1) is 13.5. The maximum atomic E-state index is 13.2. The van der Waals surface area contributed by atoms with Crippen LogP contribution in [0.15, 0.2) is 18.2 Å². The summed E-state index contributed by atoms with van der Waals surface area (Å²) in [7, 11) is 1.72. The molecule has 0 fully saturated rings. The van der Waals surface area contributed by atoms with Gasteiger partial charge in [-0.2, -0.15) is 0 Å². The summed E-state index contributed by atoms with van der Waals surface area (Å²) >= 11 is 0. The fraction of sp³-hybridized carbons (Fsp3) is 0.364. The van der Waals surface area contributed by atoms with E-state index in [1.165, 1.54) is 0 Å². The summed E-state index contributed by atoms with van der Waals surface area (Å²) < 4.78 is 26.0. The number of amides is 1. The monoisotopic (exact) mass is 243 g/mol. The van der Waals surface area contributed by atoms with Gasteiger partial charge in [-0.05, 0) is 19.2 Å². The van der Waals surface area contributed by atoms with Crippen molar-refractivity contribution in [3.63, 3.8) is 0 Å². The van der Waals surface area contributed by atoms with Crippen LogP contribution in [-0.2, 0) is 4.79 Å². The number of carbonyl (C=O) groups is 1. The number of carbonyl (C=O) groups excluding carboxylic acids is 1. The Labute approximate surface area is 98.4 Å². The van der Waals surface area contributed by atoms with Crippen LogP contribution >= 0.6 is 0 Å². The number of benzene rings is 1. The van der Waals surface area contributed by atoms with Crippen LogP contribution in [0.25, 0.3) is 0 Å². The van der Waals surface area contributed by atoms with Crippen molar-refractivity contribution in [1.29, 1.82) is 0 Å². The van der Waals surface area contributed by atoms with E-state index >= 15 is 0 Å². The van der Waals surface area contributed by atoms with Crippen molar-refractivity contribution in [3.05, 3.63) is 29.8 Å². The highest BCUT2D eigenvalue weighted by Gasteiger charge is 2.09. The minimum Gasteiger partial charge on any atom is -0.329 e. The number of nitrogens with zero attached hydrogens (tertiary/aromatic N) is 1. The molecule has 0 spiro atoms. The highest BCUT2D eigenvalue weighted by molar-refractivity contribution is 5.92. The normalized spacial score (nSPS) is 10.6. The average molecular weight is 243 g/mol. The van der Waals surface area contributed by atoms with Crippen LogP contribution in [0.5, 0.6) is 0 Å². The van der Waals surface area contributed by atoms with E-state index in [4.69, 9.17) is 5.73 Å². The summed E-state index contributed by atoms with van der Waals surface area (Å²) in [6.45, 7) is 1.06. The van der Waals surface area contributed by atoms with Crippen molar-refractivity contribution in [1.82, 2.24) is 4.90 Å². The van der Waals surface area contributed by atoms with E-state index in [0.29, 0.717) is 13.1 Å². The lowest BCUT2D eigenvalue weighted by atomic mass is 10.3. The quantitative estimate of drug-likeness (QED) is 0.804. The van der Waals surface area contributed by atoms with Gasteiger partial charge in [0.2, 0.25) is 5.91 Å². The summed E-state index contributed by atoms with van der Waals surface area (Å²) in [4.78, 5) is 13.2. The molecule has 6 heteroatoms. The lowest BCUT2D eigenvalue weighted by Crippen LogP contribution is -2.33. The number of likely N-dealkylation sites (N-methyl/N-ethyl adjacent to an activating group) is 1. The van der Waals surface area contributed by atoms with Crippen molar-refractivity contribution >= 4 is 11.6 Å². The predicted octanol–water partition coefficient (Wildman–Crippen LogP) is 0.794. The zero-order chi connectivity index (χ0) is 12.8. The molecule has 1 aromatic rings. The molecule has 0 aliphatic carbocycles. The van der Waals surface area contributed by atoms with E-state index in [1.807, 2.05) is 0 Å². The van der Waals surface area contributed by atoms with Gasteiger partial charge in [-0.1, -0.05) is 0 Å². The maximum Gasteiger partial charge on any atom is 0.238 e. The molecule has 94 valence electrons. The van der Waals surface area contributed by atoms with Crippen molar-refractivity contribution in [2.75, 3.05) is 32.0 Å². The van der Waals surface area contributed by atoms with Gasteiger partial charge in [0.25, 0.3) is 0 Å². The van der Waals surface area contributed by atoms with Gasteiger partial charge in [-0.3, -0.25) is 9.69 Å². The van der Waals surface area contributed by atoms with E-state index in [-0.39, 0.29) is 12.2 Å². The third-order valence-electron chi connectivity index (χ3n) is 2.13. The number of nitrogens with two attached hydrogens (primary N) is 1. The highest BCUT2D eigenvalue weighted by atomic mass is 19.1. The second-order valence-electron chi connectivity index (χ2n) is 3.70. The van der Waals surface area contributed by atoms with Gasteiger partial charge in [0.1, 0.15) is 11.6 Å². The van der Waals surface area contributed by atoms with Crippen LogP contribution in [0.3, 0.4) is 0 Å². The largest absolute Gasteiger partial charge is 0.329 e. The first-order valence-corrected chi connectivity index (χ1v) is 5.16. The summed E-state index contributed by atoms with van der Waals surface area (Å²) in [5.74, 6) is -1.68. The molecule has 0 saturated carbocycles. The topological polar surface area (TPSA) is 58.4 Å². The summed E-state index contributed by atoms with van der Waals surface area (Å²) in [5, 5.41) is 2.30. The Kier molecular flexibility index (Phi) is 4.99. The molecule has 0 atom stereocenters. The van der Waals surface area contributed by atoms with Crippen LogP contribution in [0.2, 0.25) is 0 Å². The van der Waals surface area contributed by atoms with E-state index < -0.39 is 17.5 Å². The molecule has 1 rings (SSSR count). The summed E-state index contributed by atoms with van der Waals surface area (Å²) in [5.41, 5.74) is 5.16. The SMILES string of the molecule is CN(CCN)CC(=O)Nc1cc(F)ccc1F. The Morgan fingerprint density at radius 3 is 2.82 bits per heavy atom. The zero-order valence-electron chi connectivity index (χ0n) is 9.54. The van der Waals surface area contributed by atoms with Gasteiger partial charge in [0.15, 0.2) is 0 Å². The predicted molar refractivity (Wildman–Crippen MR) is 61.5 cm³/mol. The molecule has 0 radical (unpaired) electrons. The van der Waals surface area contributed by atoms with Crippen LogP contribution in [0.4, 0.5) is 14.5 Å². The van der Waals surface area contributed by atoms with Crippen LogP contribution in [-0.4, -0.2) is 37.5 Å². The van der Waals surface area contributed by atoms with Crippen molar-refractivity contribution in [2.45, 2.75) is 0 Å². The molecule has 4 nitrogen and oxygen atoms in total. The molecule has 1 aromatic carbocycles. The fourth-order valence-electron chi connectivity index (χ4n) is 1.33. The second-order valence-corrected chi connectivity index (χ2v) is 3.70. The minimum atomic E-state index is -0.666. The lowest BCUT2D eigenvalue weighted by Gasteiger charge is -2.15. The molecule has 0 aliphatic rings. The molecule has 3 N–H and O–H groups in total. The molecule has 0 unspecified atom stereocenters. The van der Waals surface area contributed by atoms with Gasteiger partial charge in [0, 0.05) is 19.2 Å². The summed E-state index contributed by atoms with van der Waals surface area (Å²) in [6.07, 6.45) is 0. The number of anilines is 1. The van der Waals surface area contributed by atoms with E-state index in [9.17, 15) is 13.6 Å². The van der Waals surface area contributed by atoms with Crippen LogP contribution < -0.4 is 11.1 Å². The number of nitrogens with one attached hydrogen (secondary N) is 1. The first-order valence-electron chi connectivity index (χ1n) is 5.16. The molecule has 0 bridgehead atoms. The third-order valence-corrected chi connectivity index (χ3v) is 2.13. The van der Waals surface area contributed by atoms with E-state index in [0.717, 1.165) is 18.2 Å². The Morgan fingerprint density at radius 2 is 2.18 bits per heavy atom. The fourth-order valence-corrected chi connectivity index (χ4v) is 1.33. The van der Waals surface area contributed by atoms with Gasteiger partial charge >= 0.3 is 0 Å². The molecule has 0 aliphatic heterocycles. The van der Waals surface area contributed by atoms with E-state index in [2.05, 4.69) is 5.32 Å². The van der Waals surface area contributed by atoms with Crippen molar-refractivity contribution in [3.8, 4) is 0 Å². The van der Waals surface area contributed by atoms with Crippen molar-refractivity contribution in [2.24, 2.45) is 5.73 Å². The molecule has 1 amide bonds. The van der Waals surface area contributed by atoms with Gasteiger partial charge in [-0.15, -0.1) is 0 Å². The van der Waals surface area contributed by atoms with E-state index in [1.54, 1.807) is 11.9 Å². The molecule has 0 heterocycles. The molecular formula is C11H15F2N3O. The standard InChI is InChI=1S/C11H15F2N3O/c1-16(5-4-14)7-11(17)15-10-6-8(12)2-3-9(10)13/h2-3,6H,4-5,7,14H2,1H3,(H,15,17). The third kappa shape index (κ3) is 4.46. The first-order chi connectivity index (χ1) is 8.02. The lowest BCUT2D eigenvalue weighted by molar-refractivity contribution is -0.117. The average Bonchev–Trinajstić information content (AvgIpc) is 2.23. The number of halogens is 2. The molecule has 0 saturated heterocycles. The van der Waals surface area contributed by atoms with Crippen LogP contribution in [0, 0.1) is 11.6 Å². The van der Waals surface area contributed by atoms with Gasteiger partial charge < -0.3 is 11.1 Å². The highest BCUT2D eigenvalue weighted by Crippen LogP contribution is 2.14. The Hall–Kier alpha value is -1.53. The molecule has 17 heavy (non-hydrogen) atoms. The Balaban J connectivity index is 2.58. The Morgan fingerprint density at radius 1 is 1.47 bits per heavy atom. The Bertz CT molecular complexity index is 398. The number of rotatable bonds is 5. The van der Waals surface area contributed by atoms with Crippen LogP contribution in [0.1, 0.15) is 0 Å². The molecular weight excluding hydrogens is 228 g/mol. The number of hydrogen-bond acceptors (Lipinski definition) is 3. The number of hydrogen-bond donors (Lipinski definition) is 2. The van der Waals surface area contributed by atoms with Gasteiger partial charge in [0.05, 0.1) is 12.2 Å². The minimum absolute atomic E-state index is 0.0765. The smallest absolute Gasteiger partial charge is 0.238 e. The second kappa shape index (κ2) is 6.27. The zero-order valence-corrected chi connectivity index (χ0v) is 9.54. The summed E-state index contributed by atoms with van der Waals surface area (Å²) in [6, 6.07) is 2.90. The van der Waals surface area contributed by atoms with Gasteiger partial charge in [-0.25, -0.2) is 8.78 Å². The maximum absolute atomic E-state index is 13.2. The van der Waals surface area contributed by atoms with Crippen molar-refractivity contribution < 1.29 is 13.6 Å². The molecule has 0 aromatic heterocycles.